The van der Waals surface area contributed by atoms with Gasteiger partial charge < -0.3 is 19.8 Å². The summed E-state index contributed by atoms with van der Waals surface area (Å²) in [6.07, 6.45) is 0. The Balaban J connectivity index is 0.000000891. The van der Waals surface area contributed by atoms with Gasteiger partial charge in [-0.2, -0.15) is 0 Å². The van der Waals surface area contributed by atoms with E-state index in [0.717, 1.165) is 23.2 Å². The van der Waals surface area contributed by atoms with Gasteiger partial charge in [-0.15, -0.1) is 0 Å². The second kappa shape index (κ2) is 9.64. The lowest BCUT2D eigenvalue weighted by Gasteiger charge is -2.15. The summed E-state index contributed by atoms with van der Waals surface area (Å²) in [4.78, 5) is 10.4. The summed E-state index contributed by atoms with van der Waals surface area (Å²) in [6.45, 7) is 0.434. The van der Waals surface area contributed by atoms with Crippen molar-refractivity contribution >= 4 is 6.47 Å². The van der Waals surface area contributed by atoms with Gasteiger partial charge in [-0.25, -0.2) is 4.39 Å². The van der Waals surface area contributed by atoms with Crippen LogP contribution in [0.2, 0.25) is 0 Å². The lowest BCUT2D eigenvalue weighted by atomic mass is 9.97. The van der Waals surface area contributed by atoms with E-state index in [2.05, 4.69) is 4.90 Å². The van der Waals surface area contributed by atoms with Gasteiger partial charge in [0.2, 0.25) is 0 Å². The standard InChI is InChI=1S/C17H20FNO2.CH2O2/c1-19(2)10-12-4-6-15(13(8-12)11-20)16-9-14(18)5-7-17(16)21-3;2-1-3/h4-9,20H,10-11H2,1-3H3;1H,(H,2,3). The third-order valence-electron chi connectivity index (χ3n) is 3.29. The number of methoxy groups -OCH3 is 1. The van der Waals surface area contributed by atoms with Crippen molar-refractivity contribution in [3.05, 3.63) is 53.3 Å². The van der Waals surface area contributed by atoms with Crippen molar-refractivity contribution in [2.75, 3.05) is 21.2 Å². The van der Waals surface area contributed by atoms with E-state index in [9.17, 15) is 9.50 Å². The molecule has 0 aliphatic carbocycles. The van der Waals surface area contributed by atoms with Crippen molar-refractivity contribution in [2.45, 2.75) is 13.2 Å². The van der Waals surface area contributed by atoms with E-state index in [1.54, 1.807) is 13.2 Å². The number of aliphatic hydroxyl groups excluding tert-OH is 1. The van der Waals surface area contributed by atoms with Crippen LogP contribution in [0.25, 0.3) is 11.1 Å². The number of ether oxygens (including phenoxy) is 1. The summed E-state index contributed by atoms with van der Waals surface area (Å²) in [6, 6.07) is 10.2. The Labute approximate surface area is 140 Å². The number of benzene rings is 2. The third kappa shape index (κ3) is 5.33. The number of aliphatic hydroxyl groups is 1. The second-order valence-electron chi connectivity index (χ2n) is 5.34. The largest absolute Gasteiger partial charge is 0.496 e. The van der Waals surface area contributed by atoms with E-state index >= 15 is 0 Å². The van der Waals surface area contributed by atoms with Gasteiger partial charge in [0.25, 0.3) is 6.47 Å². The van der Waals surface area contributed by atoms with Crippen molar-refractivity contribution in [2.24, 2.45) is 0 Å². The van der Waals surface area contributed by atoms with Crippen molar-refractivity contribution in [1.29, 1.82) is 0 Å². The Morgan fingerprint density at radius 2 is 1.83 bits per heavy atom. The van der Waals surface area contributed by atoms with Gasteiger partial charge in [0, 0.05) is 12.1 Å². The maximum Gasteiger partial charge on any atom is 0.290 e. The van der Waals surface area contributed by atoms with Crippen LogP contribution in [-0.4, -0.2) is 42.8 Å². The molecule has 0 saturated carbocycles. The van der Waals surface area contributed by atoms with Gasteiger partial charge in [0.1, 0.15) is 11.6 Å². The van der Waals surface area contributed by atoms with Crippen LogP contribution in [0.1, 0.15) is 11.1 Å². The molecule has 2 N–H and O–H groups in total. The SMILES string of the molecule is COc1ccc(F)cc1-c1ccc(CN(C)C)cc1CO.O=CO. The van der Waals surface area contributed by atoms with Crippen molar-refractivity contribution in [1.82, 2.24) is 4.90 Å². The number of carboxylic acid groups (broad SMARTS) is 1. The minimum Gasteiger partial charge on any atom is -0.496 e. The number of hydrogen-bond donors (Lipinski definition) is 2. The fourth-order valence-electron chi connectivity index (χ4n) is 2.39. The second-order valence-corrected chi connectivity index (χ2v) is 5.34. The van der Waals surface area contributed by atoms with Gasteiger partial charge in [-0.1, -0.05) is 18.2 Å². The first-order chi connectivity index (χ1) is 11.5. The molecular formula is C18H22FNO4. The summed E-state index contributed by atoms with van der Waals surface area (Å²) in [5.41, 5.74) is 3.30. The molecule has 2 aromatic carbocycles. The Morgan fingerprint density at radius 1 is 1.17 bits per heavy atom. The van der Waals surface area contributed by atoms with E-state index in [0.29, 0.717) is 11.3 Å². The van der Waals surface area contributed by atoms with Crippen LogP contribution in [-0.2, 0) is 17.9 Å². The normalized spacial score (nSPS) is 10.1. The number of hydrogen-bond acceptors (Lipinski definition) is 4. The molecule has 0 atom stereocenters. The molecule has 0 fully saturated rings. The molecule has 2 rings (SSSR count). The van der Waals surface area contributed by atoms with Gasteiger partial charge in [0.05, 0.1) is 13.7 Å². The molecule has 0 aliphatic heterocycles. The van der Waals surface area contributed by atoms with Crippen LogP contribution in [0.4, 0.5) is 4.39 Å². The zero-order chi connectivity index (χ0) is 18.1. The van der Waals surface area contributed by atoms with Crippen LogP contribution < -0.4 is 4.74 Å². The molecule has 0 aliphatic rings. The van der Waals surface area contributed by atoms with Crippen LogP contribution >= 0.6 is 0 Å². The highest BCUT2D eigenvalue weighted by molar-refractivity contribution is 5.73. The maximum atomic E-state index is 13.5. The molecule has 0 heterocycles. The molecular weight excluding hydrogens is 313 g/mol. The van der Waals surface area contributed by atoms with E-state index in [1.807, 2.05) is 32.3 Å². The van der Waals surface area contributed by atoms with Crippen molar-refractivity contribution in [3.63, 3.8) is 0 Å². The first-order valence-corrected chi connectivity index (χ1v) is 7.26. The van der Waals surface area contributed by atoms with E-state index in [-0.39, 0.29) is 18.9 Å². The number of nitrogens with zero attached hydrogens (tertiary/aromatic N) is 1. The Hall–Kier alpha value is -2.44. The average Bonchev–Trinajstić information content (AvgIpc) is 2.55. The first kappa shape index (κ1) is 19.6. The van der Waals surface area contributed by atoms with Crippen LogP contribution in [0.3, 0.4) is 0 Å². The van der Waals surface area contributed by atoms with E-state index < -0.39 is 0 Å². The molecule has 2 aromatic rings. The number of rotatable bonds is 5. The molecule has 0 amide bonds. The highest BCUT2D eigenvalue weighted by Gasteiger charge is 2.12. The topological polar surface area (TPSA) is 70.0 Å². The summed E-state index contributed by atoms with van der Waals surface area (Å²) in [5.74, 6) is 0.263. The molecule has 0 spiro atoms. The van der Waals surface area contributed by atoms with E-state index in [4.69, 9.17) is 14.6 Å². The summed E-state index contributed by atoms with van der Waals surface area (Å²) in [5, 5.41) is 16.5. The predicted molar refractivity (Wildman–Crippen MR) is 90.4 cm³/mol. The smallest absolute Gasteiger partial charge is 0.290 e. The van der Waals surface area contributed by atoms with Crippen molar-refractivity contribution in [3.8, 4) is 16.9 Å². The third-order valence-corrected chi connectivity index (χ3v) is 3.29. The minimum absolute atomic E-state index is 0.101. The Bertz CT molecular complexity index is 674. The fraction of sp³-hybridized carbons (Fsp3) is 0.278. The predicted octanol–water partition coefficient (Wildman–Crippen LogP) is 2.76. The maximum absolute atomic E-state index is 13.5. The van der Waals surface area contributed by atoms with Gasteiger partial charge >= 0.3 is 0 Å². The highest BCUT2D eigenvalue weighted by Crippen LogP contribution is 2.33. The molecule has 130 valence electrons. The molecule has 6 heteroatoms. The molecule has 0 radical (unpaired) electrons. The quantitative estimate of drug-likeness (QED) is 0.822. The zero-order valence-electron chi connectivity index (χ0n) is 14.0. The van der Waals surface area contributed by atoms with Gasteiger partial charge in [0.15, 0.2) is 0 Å². The van der Waals surface area contributed by atoms with E-state index in [1.165, 1.54) is 12.1 Å². The Kier molecular flexibility index (Phi) is 7.88. The minimum atomic E-state index is -0.327. The Morgan fingerprint density at radius 3 is 2.38 bits per heavy atom. The van der Waals surface area contributed by atoms with Gasteiger partial charge in [-0.3, -0.25) is 4.79 Å². The number of halogens is 1. The number of carbonyl (C=O) groups is 1. The average molecular weight is 335 g/mol. The van der Waals surface area contributed by atoms with Gasteiger partial charge in [-0.05, 0) is 49.0 Å². The molecule has 0 bridgehead atoms. The lowest BCUT2D eigenvalue weighted by molar-refractivity contribution is -0.122. The summed E-state index contributed by atoms with van der Waals surface area (Å²) in [7, 11) is 5.53. The summed E-state index contributed by atoms with van der Waals surface area (Å²) >= 11 is 0. The zero-order valence-corrected chi connectivity index (χ0v) is 14.0. The molecule has 5 nitrogen and oxygen atoms in total. The van der Waals surface area contributed by atoms with Crippen LogP contribution in [0, 0.1) is 5.82 Å². The molecule has 24 heavy (non-hydrogen) atoms. The highest BCUT2D eigenvalue weighted by atomic mass is 19.1. The molecule has 0 saturated heterocycles. The fourth-order valence-corrected chi connectivity index (χ4v) is 2.39. The first-order valence-electron chi connectivity index (χ1n) is 7.26. The lowest BCUT2D eigenvalue weighted by Crippen LogP contribution is -2.11. The monoisotopic (exact) mass is 335 g/mol. The van der Waals surface area contributed by atoms with Crippen LogP contribution in [0.5, 0.6) is 5.75 Å². The molecule has 0 unspecified atom stereocenters. The van der Waals surface area contributed by atoms with Crippen molar-refractivity contribution < 1.29 is 24.1 Å². The van der Waals surface area contributed by atoms with Crippen LogP contribution in [0.15, 0.2) is 36.4 Å². The molecule has 0 aromatic heterocycles. The summed E-state index contributed by atoms with van der Waals surface area (Å²) < 4.78 is 18.8.